The molecule has 0 aliphatic rings. The first-order chi connectivity index (χ1) is 14.2. The van der Waals surface area contributed by atoms with Crippen LogP contribution in [0.3, 0.4) is 0 Å². The van der Waals surface area contributed by atoms with Gasteiger partial charge in [-0.2, -0.15) is 5.26 Å². The molecule has 30 heavy (non-hydrogen) atoms. The summed E-state index contributed by atoms with van der Waals surface area (Å²) in [6.45, 7) is 0. The first-order valence-corrected chi connectivity index (χ1v) is 8.19. The van der Waals surface area contributed by atoms with E-state index in [1.54, 1.807) is 6.07 Å². The Kier molecular flexibility index (Phi) is 5.47. The number of nitrogens with two attached hydrogens (primary N) is 1. The molecule has 0 bridgehead atoms. The van der Waals surface area contributed by atoms with Gasteiger partial charge in [-0.1, -0.05) is 0 Å². The van der Waals surface area contributed by atoms with Crippen LogP contribution >= 0.6 is 0 Å². The Hall–Kier alpha value is -3.87. The molecule has 1 aromatic heterocycles. The molecule has 3 rings (SSSR count). The van der Waals surface area contributed by atoms with E-state index in [1.165, 1.54) is 32.4 Å². The van der Waals surface area contributed by atoms with Crippen LogP contribution in [0.1, 0.15) is 5.56 Å². The number of methoxy groups -OCH3 is 2. The Morgan fingerprint density at radius 2 is 1.43 bits per heavy atom. The standard InChI is InChI=1S/C20H12F5N3O2/c1-29-12-4-3-8(5-13(12)30-2)11-6-9(10(7-26)20(27)28-11)14-15(21)17(23)19(25)18(24)16(14)22/h3-6H,1-2H3,(H2,27,28). The van der Waals surface area contributed by atoms with E-state index >= 15 is 0 Å². The Bertz CT molecular complexity index is 1180. The van der Waals surface area contributed by atoms with Gasteiger partial charge >= 0.3 is 0 Å². The van der Waals surface area contributed by atoms with Gasteiger partial charge in [0.2, 0.25) is 5.82 Å². The Morgan fingerprint density at radius 3 is 1.97 bits per heavy atom. The molecule has 0 atom stereocenters. The molecule has 2 N–H and O–H groups in total. The highest BCUT2D eigenvalue weighted by Gasteiger charge is 2.29. The number of hydrogen-bond donors (Lipinski definition) is 1. The highest BCUT2D eigenvalue weighted by atomic mass is 19.2. The van der Waals surface area contributed by atoms with Crippen molar-refractivity contribution in [2.24, 2.45) is 0 Å². The van der Waals surface area contributed by atoms with Crippen LogP contribution in [0.15, 0.2) is 24.3 Å². The SMILES string of the molecule is COc1ccc(-c2cc(-c3c(F)c(F)c(F)c(F)c3F)c(C#N)c(N)n2)cc1OC. The first kappa shape index (κ1) is 20.9. The fourth-order valence-corrected chi connectivity index (χ4v) is 2.86. The average molecular weight is 421 g/mol. The zero-order chi connectivity index (χ0) is 22.2. The van der Waals surface area contributed by atoms with Crippen LogP contribution < -0.4 is 15.2 Å². The fourth-order valence-electron chi connectivity index (χ4n) is 2.86. The van der Waals surface area contributed by atoms with Crippen LogP contribution in [0.4, 0.5) is 27.8 Å². The summed E-state index contributed by atoms with van der Waals surface area (Å²) in [5.74, 6) is -10.6. The van der Waals surface area contributed by atoms with Gasteiger partial charge in [0, 0.05) is 11.1 Å². The van der Waals surface area contributed by atoms with Crippen LogP contribution in [0, 0.1) is 40.4 Å². The molecule has 0 amide bonds. The van der Waals surface area contributed by atoms with Gasteiger partial charge in [-0.3, -0.25) is 0 Å². The molecular formula is C20H12F5N3O2. The number of halogens is 5. The van der Waals surface area contributed by atoms with Gasteiger partial charge < -0.3 is 15.2 Å². The molecule has 0 unspecified atom stereocenters. The molecule has 154 valence electrons. The Labute approximate surface area is 167 Å². The van der Waals surface area contributed by atoms with Crippen molar-refractivity contribution in [3.63, 3.8) is 0 Å². The monoisotopic (exact) mass is 421 g/mol. The summed E-state index contributed by atoms with van der Waals surface area (Å²) in [7, 11) is 2.79. The number of benzene rings is 2. The number of ether oxygens (including phenoxy) is 2. The van der Waals surface area contributed by atoms with Gasteiger partial charge in [0.25, 0.3) is 0 Å². The lowest BCUT2D eigenvalue weighted by Crippen LogP contribution is -2.07. The van der Waals surface area contributed by atoms with Gasteiger partial charge in [-0.25, -0.2) is 26.9 Å². The van der Waals surface area contributed by atoms with Crippen LogP contribution in [-0.4, -0.2) is 19.2 Å². The van der Waals surface area contributed by atoms with Crippen molar-refractivity contribution in [1.82, 2.24) is 4.98 Å². The van der Waals surface area contributed by atoms with E-state index in [1.807, 2.05) is 0 Å². The molecule has 0 saturated heterocycles. The summed E-state index contributed by atoms with van der Waals surface area (Å²) < 4.78 is 79.8. The molecule has 0 aliphatic heterocycles. The maximum atomic E-state index is 14.4. The minimum absolute atomic E-state index is 0.00592. The number of aromatic nitrogens is 1. The second-order valence-electron chi connectivity index (χ2n) is 5.94. The van der Waals surface area contributed by atoms with Crippen molar-refractivity contribution in [3.05, 3.63) is 58.9 Å². The van der Waals surface area contributed by atoms with Gasteiger partial charge in [-0.05, 0) is 24.3 Å². The third-order valence-electron chi connectivity index (χ3n) is 4.32. The van der Waals surface area contributed by atoms with Crippen LogP contribution in [0.5, 0.6) is 11.5 Å². The van der Waals surface area contributed by atoms with E-state index in [-0.39, 0.29) is 11.4 Å². The molecule has 3 aromatic rings. The van der Waals surface area contributed by atoms with E-state index in [9.17, 15) is 27.2 Å². The lowest BCUT2D eigenvalue weighted by molar-refractivity contribution is 0.355. The summed E-state index contributed by atoms with van der Waals surface area (Å²) in [5.41, 5.74) is 3.66. The molecule has 0 aliphatic carbocycles. The van der Waals surface area contributed by atoms with Crippen molar-refractivity contribution >= 4 is 5.82 Å². The molecule has 0 radical (unpaired) electrons. The molecule has 0 fully saturated rings. The quantitative estimate of drug-likeness (QED) is 0.379. The summed E-state index contributed by atoms with van der Waals surface area (Å²) in [4.78, 5) is 4.01. The molecule has 5 nitrogen and oxygen atoms in total. The number of hydrogen-bond acceptors (Lipinski definition) is 5. The molecule has 0 spiro atoms. The van der Waals surface area contributed by atoms with Crippen LogP contribution in [0.25, 0.3) is 22.4 Å². The first-order valence-electron chi connectivity index (χ1n) is 8.19. The number of anilines is 1. The van der Waals surface area contributed by atoms with E-state index in [2.05, 4.69) is 4.98 Å². The number of rotatable bonds is 4. The Morgan fingerprint density at radius 1 is 0.867 bits per heavy atom. The van der Waals surface area contributed by atoms with E-state index < -0.39 is 51.6 Å². The minimum Gasteiger partial charge on any atom is -0.493 e. The maximum Gasteiger partial charge on any atom is 0.200 e. The smallest absolute Gasteiger partial charge is 0.200 e. The zero-order valence-corrected chi connectivity index (χ0v) is 15.5. The molecule has 10 heteroatoms. The molecular weight excluding hydrogens is 409 g/mol. The van der Waals surface area contributed by atoms with Crippen molar-refractivity contribution in [2.45, 2.75) is 0 Å². The zero-order valence-electron chi connectivity index (χ0n) is 15.5. The highest BCUT2D eigenvalue weighted by molar-refractivity contribution is 5.81. The molecule has 2 aromatic carbocycles. The topological polar surface area (TPSA) is 81.2 Å². The van der Waals surface area contributed by atoms with E-state index in [0.29, 0.717) is 11.3 Å². The van der Waals surface area contributed by atoms with Gasteiger partial charge in [0.15, 0.2) is 34.8 Å². The fraction of sp³-hybridized carbons (Fsp3) is 0.100. The molecule has 1 heterocycles. The van der Waals surface area contributed by atoms with Crippen LogP contribution in [0.2, 0.25) is 0 Å². The van der Waals surface area contributed by atoms with Crippen molar-refractivity contribution in [3.8, 4) is 40.0 Å². The van der Waals surface area contributed by atoms with E-state index in [0.717, 1.165) is 6.07 Å². The maximum absolute atomic E-state index is 14.4. The van der Waals surface area contributed by atoms with Crippen molar-refractivity contribution in [1.29, 1.82) is 5.26 Å². The summed E-state index contributed by atoms with van der Waals surface area (Å²) >= 11 is 0. The van der Waals surface area contributed by atoms with E-state index in [4.69, 9.17) is 15.2 Å². The summed E-state index contributed by atoms with van der Waals surface area (Å²) in [6.07, 6.45) is 0. The molecule has 0 saturated carbocycles. The number of pyridine rings is 1. The third kappa shape index (κ3) is 3.24. The second-order valence-corrected chi connectivity index (χ2v) is 5.94. The largest absolute Gasteiger partial charge is 0.493 e. The normalized spacial score (nSPS) is 10.6. The van der Waals surface area contributed by atoms with Crippen molar-refractivity contribution in [2.75, 3.05) is 20.0 Å². The Balaban J connectivity index is 2.34. The predicted octanol–water partition coefficient (Wildman–Crippen LogP) is 4.58. The third-order valence-corrected chi connectivity index (χ3v) is 4.32. The average Bonchev–Trinajstić information content (AvgIpc) is 2.75. The van der Waals surface area contributed by atoms with Crippen molar-refractivity contribution < 1.29 is 31.4 Å². The van der Waals surface area contributed by atoms with Crippen LogP contribution in [-0.2, 0) is 0 Å². The number of nitrogen functional groups attached to an aromatic ring is 1. The van der Waals surface area contributed by atoms with Gasteiger partial charge in [0.05, 0.1) is 25.5 Å². The lowest BCUT2D eigenvalue weighted by atomic mass is 9.97. The van der Waals surface area contributed by atoms with Gasteiger partial charge in [0.1, 0.15) is 17.5 Å². The van der Waals surface area contributed by atoms with Gasteiger partial charge in [-0.15, -0.1) is 0 Å². The predicted molar refractivity (Wildman–Crippen MR) is 97.1 cm³/mol. The number of nitriles is 1. The minimum atomic E-state index is -2.31. The lowest BCUT2D eigenvalue weighted by Gasteiger charge is -2.14. The summed E-state index contributed by atoms with van der Waals surface area (Å²) in [6, 6.07) is 7.09. The number of nitrogens with zero attached hydrogens (tertiary/aromatic N) is 2. The summed E-state index contributed by atoms with van der Waals surface area (Å²) in [5, 5.41) is 9.33. The second kappa shape index (κ2) is 7.87. The highest BCUT2D eigenvalue weighted by Crippen LogP contribution is 2.38.